The summed E-state index contributed by atoms with van der Waals surface area (Å²) < 4.78 is 13.2. The van der Waals surface area contributed by atoms with Crippen LogP contribution in [0, 0.1) is 5.82 Å². The number of hydrogen-bond donors (Lipinski definition) is 2. The first kappa shape index (κ1) is 11.9. The molecule has 1 aromatic rings. The molecule has 0 spiro atoms. The van der Waals surface area contributed by atoms with Crippen LogP contribution in [0.1, 0.15) is 12.5 Å². The van der Waals surface area contributed by atoms with E-state index in [0.717, 1.165) is 0 Å². The van der Waals surface area contributed by atoms with Crippen LogP contribution < -0.4 is 5.32 Å². The molecule has 0 amide bonds. The summed E-state index contributed by atoms with van der Waals surface area (Å²) in [7, 11) is 0. The van der Waals surface area contributed by atoms with Gasteiger partial charge in [0.15, 0.2) is 0 Å². The van der Waals surface area contributed by atoms with Crippen LogP contribution >= 0.6 is 11.6 Å². The molecule has 0 fully saturated rings. The SMILES string of the molecule is C[C@H](NCc1cc(Cl)ccc1F)C(=O)O. The van der Waals surface area contributed by atoms with Crippen molar-refractivity contribution in [1.29, 1.82) is 0 Å². The Labute approximate surface area is 91.9 Å². The predicted molar refractivity (Wildman–Crippen MR) is 55.3 cm³/mol. The van der Waals surface area contributed by atoms with Gasteiger partial charge in [0.2, 0.25) is 0 Å². The van der Waals surface area contributed by atoms with Crippen molar-refractivity contribution in [3.8, 4) is 0 Å². The average Bonchev–Trinajstić information content (AvgIpc) is 2.18. The van der Waals surface area contributed by atoms with Gasteiger partial charge in [0.25, 0.3) is 0 Å². The lowest BCUT2D eigenvalue weighted by Gasteiger charge is -2.09. The van der Waals surface area contributed by atoms with Crippen LogP contribution in [0.3, 0.4) is 0 Å². The fraction of sp³-hybridized carbons (Fsp3) is 0.300. The lowest BCUT2D eigenvalue weighted by atomic mass is 10.2. The highest BCUT2D eigenvalue weighted by molar-refractivity contribution is 6.30. The molecule has 0 radical (unpaired) electrons. The van der Waals surface area contributed by atoms with Gasteiger partial charge in [-0.2, -0.15) is 0 Å². The number of carboxylic acid groups (broad SMARTS) is 1. The molecule has 0 saturated carbocycles. The number of hydrogen-bond acceptors (Lipinski definition) is 2. The third-order valence-electron chi connectivity index (χ3n) is 1.98. The molecular weight excluding hydrogens is 221 g/mol. The van der Waals surface area contributed by atoms with Crippen LogP contribution in [0.2, 0.25) is 5.02 Å². The number of aliphatic carboxylic acids is 1. The van der Waals surface area contributed by atoms with Gasteiger partial charge in [-0.1, -0.05) is 11.6 Å². The number of benzene rings is 1. The van der Waals surface area contributed by atoms with E-state index in [2.05, 4.69) is 5.32 Å². The molecular formula is C10H11ClFNO2. The quantitative estimate of drug-likeness (QED) is 0.834. The Morgan fingerprint density at radius 3 is 2.93 bits per heavy atom. The Kier molecular flexibility index (Phi) is 4.05. The van der Waals surface area contributed by atoms with E-state index in [1.165, 1.54) is 25.1 Å². The Bertz CT molecular complexity index is 370. The Morgan fingerprint density at radius 2 is 2.33 bits per heavy atom. The molecule has 3 nitrogen and oxygen atoms in total. The topological polar surface area (TPSA) is 49.3 Å². The summed E-state index contributed by atoms with van der Waals surface area (Å²) in [6.45, 7) is 1.63. The van der Waals surface area contributed by atoms with Gasteiger partial charge in [0, 0.05) is 17.1 Å². The third-order valence-corrected chi connectivity index (χ3v) is 2.21. The summed E-state index contributed by atoms with van der Waals surface area (Å²) in [4.78, 5) is 10.5. The standard InChI is InChI=1S/C10H11ClFNO2/c1-6(10(14)15)13-5-7-4-8(11)2-3-9(7)12/h2-4,6,13H,5H2,1H3,(H,14,15)/t6-/m0/s1. The van der Waals surface area contributed by atoms with Crippen LogP contribution in [0.25, 0.3) is 0 Å². The lowest BCUT2D eigenvalue weighted by Crippen LogP contribution is -2.33. The molecule has 0 saturated heterocycles. The molecule has 0 unspecified atom stereocenters. The van der Waals surface area contributed by atoms with Crippen LogP contribution in [0.5, 0.6) is 0 Å². The number of carbonyl (C=O) groups is 1. The first-order chi connectivity index (χ1) is 7.00. The molecule has 5 heteroatoms. The molecule has 0 aliphatic carbocycles. The van der Waals surface area contributed by atoms with E-state index in [-0.39, 0.29) is 6.54 Å². The molecule has 15 heavy (non-hydrogen) atoms. The van der Waals surface area contributed by atoms with E-state index in [4.69, 9.17) is 16.7 Å². The summed E-state index contributed by atoms with van der Waals surface area (Å²) in [6, 6.07) is 3.45. The fourth-order valence-corrected chi connectivity index (χ4v) is 1.22. The van der Waals surface area contributed by atoms with Crippen LogP contribution in [-0.4, -0.2) is 17.1 Å². The van der Waals surface area contributed by atoms with E-state index in [9.17, 15) is 9.18 Å². The molecule has 2 N–H and O–H groups in total. The van der Waals surface area contributed by atoms with Gasteiger partial charge in [-0.3, -0.25) is 4.79 Å². The molecule has 82 valence electrons. The van der Waals surface area contributed by atoms with Crippen LogP contribution in [0.15, 0.2) is 18.2 Å². The maximum atomic E-state index is 13.2. The molecule has 0 heterocycles. The first-order valence-electron chi connectivity index (χ1n) is 4.41. The third kappa shape index (κ3) is 3.49. The lowest BCUT2D eigenvalue weighted by molar-refractivity contribution is -0.139. The zero-order chi connectivity index (χ0) is 11.4. The summed E-state index contributed by atoms with van der Waals surface area (Å²) in [5, 5.41) is 11.7. The van der Waals surface area contributed by atoms with Crippen molar-refractivity contribution in [3.05, 3.63) is 34.6 Å². The van der Waals surface area contributed by atoms with Crippen molar-refractivity contribution < 1.29 is 14.3 Å². The number of nitrogens with one attached hydrogen (secondary N) is 1. The van der Waals surface area contributed by atoms with Crippen molar-refractivity contribution in [2.24, 2.45) is 0 Å². The molecule has 0 aliphatic rings. The zero-order valence-electron chi connectivity index (χ0n) is 8.13. The van der Waals surface area contributed by atoms with Gasteiger partial charge in [0.1, 0.15) is 11.9 Å². The minimum absolute atomic E-state index is 0.139. The average molecular weight is 232 g/mol. The van der Waals surface area contributed by atoms with Gasteiger partial charge in [-0.05, 0) is 25.1 Å². The van der Waals surface area contributed by atoms with E-state index >= 15 is 0 Å². The molecule has 0 aromatic heterocycles. The van der Waals surface area contributed by atoms with E-state index < -0.39 is 17.8 Å². The maximum absolute atomic E-state index is 13.2. The second-order valence-electron chi connectivity index (χ2n) is 3.18. The van der Waals surface area contributed by atoms with Crippen molar-refractivity contribution in [2.45, 2.75) is 19.5 Å². The zero-order valence-corrected chi connectivity index (χ0v) is 8.88. The Morgan fingerprint density at radius 1 is 1.67 bits per heavy atom. The van der Waals surface area contributed by atoms with Crippen molar-refractivity contribution >= 4 is 17.6 Å². The van der Waals surface area contributed by atoms with E-state index in [0.29, 0.717) is 10.6 Å². The van der Waals surface area contributed by atoms with Crippen molar-refractivity contribution in [3.63, 3.8) is 0 Å². The van der Waals surface area contributed by atoms with E-state index in [1.807, 2.05) is 0 Å². The molecule has 1 atom stereocenters. The second-order valence-corrected chi connectivity index (χ2v) is 3.61. The summed E-state index contributed by atoms with van der Waals surface area (Å²) in [6.07, 6.45) is 0. The highest BCUT2D eigenvalue weighted by Gasteiger charge is 2.10. The molecule has 0 aliphatic heterocycles. The summed E-state index contributed by atoms with van der Waals surface area (Å²) in [5.74, 6) is -1.37. The smallest absolute Gasteiger partial charge is 0.320 e. The molecule has 1 rings (SSSR count). The Balaban J connectivity index is 2.65. The largest absolute Gasteiger partial charge is 0.480 e. The normalized spacial score (nSPS) is 12.5. The second kappa shape index (κ2) is 5.09. The number of halogens is 2. The van der Waals surface area contributed by atoms with Crippen molar-refractivity contribution in [2.75, 3.05) is 0 Å². The fourth-order valence-electron chi connectivity index (χ4n) is 1.03. The first-order valence-corrected chi connectivity index (χ1v) is 4.78. The van der Waals surface area contributed by atoms with Crippen LogP contribution in [-0.2, 0) is 11.3 Å². The predicted octanol–water partition coefficient (Wildman–Crippen LogP) is 2.04. The maximum Gasteiger partial charge on any atom is 0.320 e. The minimum atomic E-state index is -0.975. The summed E-state index contributed by atoms with van der Waals surface area (Å²) in [5.41, 5.74) is 0.357. The van der Waals surface area contributed by atoms with Gasteiger partial charge in [-0.15, -0.1) is 0 Å². The van der Waals surface area contributed by atoms with Crippen molar-refractivity contribution in [1.82, 2.24) is 5.32 Å². The highest BCUT2D eigenvalue weighted by Crippen LogP contribution is 2.14. The highest BCUT2D eigenvalue weighted by atomic mass is 35.5. The molecule has 1 aromatic carbocycles. The monoisotopic (exact) mass is 231 g/mol. The Hall–Kier alpha value is -1.13. The van der Waals surface area contributed by atoms with Crippen LogP contribution in [0.4, 0.5) is 4.39 Å². The number of rotatable bonds is 4. The van der Waals surface area contributed by atoms with Gasteiger partial charge in [-0.25, -0.2) is 4.39 Å². The minimum Gasteiger partial charge on any atom is -0.480 e. The van der Waals surface area contributed by atoms with E-state index in [1.54, 1.807) is 0 Å². The van der Waals surface area contributed by atoms with Gasteiger partial charge in [0.05, 0.1) is 0 Å². The number of carboxylic acids is 1. The summed E-state index contributed by atoms with van der Waals surface area (Å²) >= 11 is 5.68. The van der Waals surface area contributed by atoms with Gasteiger partial charge < -0.3 is 10.4 Å². The van der Waals surface area contributed by atoms with Gasteiger partial charge >= 0.3 is 5.97 Å². The molecule has 0 bridgehead atoms.